The second kappa shape index (κ2) is 10.2. The van der Waals surface area contributed by atoms with Crippen molar-refractivity contribution in [3.63, 3.8) is 0 Å². The summed E-state index contributed by atoms with van der Waals surface area (Å²) in [4.78, 5) is 11.6. The van der Waals surface area contributed by atoms with Crippen LogP contribution in [-0.2, 0) is 9.53 Å². The molecule has 0 saturated carbocycles. The van der Waals surface area contributed by atoms with Crippen molar-refractivity contribution in [3.05, 3.63) is 0 Å². The normalized spacial score (nSPS) is 15.0. The number of carbonyl (C=O) groups excluding carboxylic acids is 1. The predicted octanol–water partition coefficient (Wildman–Crippen LogP) is 4.47. The van der Waals surface area contributed by atoms with Crippen LogP contribution in [0.3, 0.4) is 0 Å². The van der Waals surface area contributed by atoms with Crippen molar-refractivity contribution in [2.24, 2.45) is 0 Å². The lowest BCUT2D eigenvalue weighted by Crippen LogP contribution is -2.35. The Morgan fingerprint density at radius 2 is 1.86 bits per heavy atom. The Balaban J connectivity index is 4.18. The van der Waals surface area contributed by atoms with E-state index >= 15 is 0 Å². The molecule has 0 aliphatic rings. The number of alkyl halides is 5. The number of esters is 1. The molecule has 0 aromatic carbocycles. The highest BCUT2D eigenvalue weighted by molar-refractivity contribution is 8.00. The van der Waals surface area contributed by atoms with E-state index in [9.17, 15) is 26.7 Å². The van der Waals surface area contributed by atoms with Gasteiger partial charge in [-0.2, -0.15) is 0 Å². The number of hydrogen-bond donors (Lipinski definition) is 0. The maximum Gasteiger partial charge on any atom is 0.319 e. The van der Waals surface area contributed by atoms with Crippen LogP contribution in [0.2, 0.25) is 0 Å². The Labute approximate surface area is 125 Å². The monoisotopic (exact) mass is 336 g/mol. The van der Waals surface area contributed by atoms with E-state index in [0.717, 1.165) is 18.2 Å². The number of rotatable bonds is 11. The van der Waals surface area contributed by atoms with Gasteiger partial charge in [0.1, 0.15) is 5.25 Å². The summed E-state index contributed by atoms with van der Waals surface area (Å²) in [5.74, 6) is -4.29. The van der Waals surface area contributed by atoms with Gasteiger partial charge >= 0.3 is 5.97 Å². The minimum absolute atomic E-state index is 0.148. The first-order chi connectivity index (χ1) is 9.76. The molecule has 8 heteroatoms. The van der Waals surface area contributed by atoms with Gasteiger partial charge in [-0.1, -0.05) is 13.3 Å². The minimum Gasteiger partial charge on any atom is -0.465 e. The summed E-state index contributed by atoms with van der Waals surface area (Å²) in [7, 11) is 0. The van der Waals surface area contributed by atoms with Crippen molar-refractivity contribution in [1.29, 1.82) is 0 Å². The van der Waals surface area contributed by atoms with Crippen molar-refractivity contribution in [2.45, 2.75) is 63.3 Å². The second-order valence-electron chi connectivity index (χ2n) is 4.50. The topological polar surface area (TPSA) is 26.3 Å². The number of carbonyl (C=O) groups is 1. The summed E-state index contributed by atoms with van der Waals surface area (Å²) < 4.78 is 67.5. The van der Waals surface area contributed by atoms with Crippen LogP contribution in [0.5, 0.6) is 0 Å². The quantitative estimate of drug-likeness (QED) is 0.316. The Kier molecular flexibility index (Phi) is 9.98. The Bertz CT molecular complexity index is 302. The number of halogens is 5. The van der Waals surface area contributed by atoms with Crippen LogP contribution in [-0.4, -0.2) is 42.1 Å². The van der Waals surface area contributed by atoms with E-state index in [4.69, 9.17) is 4.74 Å². The molecule has 0 aliphatic heterocycles. The van der Waals surface area contributed by atoms with Crippen LogP contribution in [0.25, 0.3) is 0 Å². The molecule has 2 nitrogen and oxygen atoms in total. The molecule has 2 atom stereocenters. The first-order valence-electron chi connectivity index (χ1n) is 6.84. The zero-order valence-electron chi connectivity index (χ0n) is 12.1. The van der Waals surface area contributed by atoms with Gasteiger partial charge in [0.15, 0.2) is 0 Å². The SMILES string of the molecule is CCCC(SCCCC(F)(F)C(F)C(F)F)C(=O)OCC. The predicted molar refractivity (Wildman–Crippen MR) is 72.9 cm³/mol. The van der Waals surface area contributed by atoms with Gasteiger partial charge in [0.25, 0.3) is 12.3 Å². The molecule has 126 valence electrons. The van der Waals surface area contributed by atoms with Gasteiger partial charge in [0.05, 0.1) is 6.61 Å². The summed E-state index contributed by atoms with van der Waals surface area (Å²) in [5.41, 5.74) is 0. The lowest BCUT2D eigenvalue weighted by molar-refractivity contribution is -0.142. The summed E-state index contributed by atoms with van der Waals surface area (Å²) in [6.45, 7) is 3.77. The first kappa shape index (κ1) is 20.5. The van der Waals surface area contributed by atoms with Crippen LogP contribution in [0.4, 0.5) is 22.0 Å². The average molecular weight is 336 g/mol. The van der Waals surface area contributed by atoms with E-state index in [-0.39, 0.29) is 18.8 Å². The van der Waals surface area contributed by atoms with Gasteiger partial charge in [-0.25, -0.2) is 22.0 Å². The molecular weight excluding hydrogens is 315 g/mol. The first-order valence-corrected chi connectivity index (χ1v) is 7.89. The summed E-state index contributed by atoms with van der Waals surface area (Å²) in [6.07, 6.45) is -6.98. The van der Waals surface area contributed by atoms with Crippen LogP contribution in [0.15, 0.2) is 0 Å². The fraction of sp³-hybridized carbons (Fsp3) is 0.923. The molecule has 0 amide bonds. The van der Waals surface area contributed by atoms with E-state index in [1.54, 1.807) is 6.92 Å². The zero-order chi connectivity index (χ0) is 16.5. The number of ether oxygens (including phenoxy) is 1. The average Bonchev–Trinajstić information content (AvgIpc) is 2.41. The third-order valence-corrected chi connectivity index (χ3v) is 4.05. The highest BCUT2D eigenvalue weighted by atomic mass is 32.2. The fourth-order valence-corrected chi connectivity index (χ4v) is 2.82. The van der Waals surface area contributed by atoms with Crippen molar-refractivity contribution in [3.8, 4) is 0 Å². The summed E-state index contributed by atoms with van der Waals surface area (Å²) >= 11 is 1.14. The lowest BCUT2D eigenvalue weighted by Gasteiger charge is -2.20. The van der Waals surface area contributed by atoms with Crippen LogP contribution in [0.1, 0.15) is 39.5 Å². The Morgan fingerprint density at radius 1 is 1.24 bits per heavy atom. The Hall–Kier alpha value is -0.530. The maximum absolute atomic E-state index is 13.1. The van der Waals surface area contributed by atoms with Gasteiger partial charge in [-0.3, -0.25) is 4.79 Å². The molecule has 0 rings (SSSR count). The van der Waals surface area contributed by atoms with Crippen molar-refractivity contribution in [1.82, 2.24) is 0 Å². The number of thioether (sulfide) groups is 1. The molecule has 0 fully saturated rings. The molecule has 0 aliphatic carbocycles. The van der Waals surface area contributed by atoms with E-state index in [1.807, 2.05) is 6.92 Å². The summed E-state index contributed by atoms with van der Waals surface area (Å²) in [5, 5.41) is -0.458. The van der Waals surface area contributed by atoms with Gasteiger partial charge in [-0.15, -0.1) is 11.8 Å². The van der Waals surface area contributed by atoms with E-state index in [1.165, 1.54) is 0 Å². The van der Waals surface area contributed by atoms with Crippen LogP contribution < -0.4 is 0 Å². The standard InChI is InChI=1S/C13H21F5O2S/c1-3-6-9(12(19)20-4-2)21-8-5-7-13(17,18)10(14)11(15)16/h9-11H,3-8H2,1-2H3. The summed E-state index contributed by atoms with van der Waals surface area (Å²) in [6, 6.07) is 0. The molecule has 0 aromatic heterocycles. The molecule has 0 radical (unpaired) electrons. The van der Waals surface area contributed by atoms with E-state index in [2.05, 4.69) is 0 Å². The molecule has 2 unspecified atom stereocenters. The molecule has 0 aromatic rings. The molecule has 0 saturated heterocycles. The third kappa shape index (κ3) is 7.87. The van der Waals surface area contributed by atoms with Gasteiger partial charge in [-0.05, 0) is 25.5 Å². The molecular formula is C13H21F5O2S. The second-order valence-corrected chi connectivity index (χ2v) is 5.81. The van der Waals surface area contributed by atoms with Crippen molar-refractivity contribution < 1.29 is 31.5 Å². The largest absolute Gasteiger partial charge is 0.465 e. The van der Waals surface area contributed by atoms with Crippen molar-refractivity contribution in [2.75, 3.05) is 12.4 Å². The molecule has 0 heterocycles. The van der Waals surface area contributed by atoms with Gasteiger partial charge in [0.2, 0.25) is 6.17 Å². The highest BCUT2D eigenvalue weighted by Crippen LogP contribution is 2.32. The van der Waals surface area contributed by atoms with Gasteiger partial charge < -0.3 is 4.74 Å². The molecule has 21 heavy (non-hydrogen) atoms. The number of hydrogen-bond acceptors (Lipinski definition) is 3. The third-order valence-electron chi connectivity index (χ3n) is 2.70. The van der Waals surface area contributed by atoms with Gasteiger partial charge in [0, 0.05) is 6.42 Å². The molecule has 0 spiro atoms. The highest BCUT2D eigenvalue weighted by Gasteiger charge is 2.45. The molecule has 0 N–H and O–H groups in total. The zero-order valence-corrected chi connectivity index (χ0v) is 12.9. The lowest BCUT2D eigenvalue weighted by atomic mass is 10.1. The van der Waals surface area contributed by atoms with Crippen LogP contribution >= 0.6 is 11.8 Å². The van der Waals surface area contributed by atoms with E-state index in [0.29, 0.717) is 6.42 Å². The smallest absolute Gasteiger partial charge is 0.319 e. The Morgan fingerprint density at radius 3 is 2.33 bits per heavy atom. The van der Waals surface area contributed by atoms with E-state index < -0.39 is 36.2 Å². The van der Waals surface area contributed by atoms with Crippen LogP contribution in [0, 0.1) is 0 Å². The fourth-order valence-electron chi connectivity index (χ4n) is 1.62. The minimum atomic E-state index is -4.04. The maximum atomic E-state index is 13.1. The molecule has 0 bridgehead atoms. The van der Waals surface area contributed by atoms with Crippen molar-refractivity contribution >= 4 is 17.7 Å².